The molecular formula is C9H11NO4. The van der Waals surface area contributed by atoms with Crippen LogP contribution in [0.15, 0.2) is 18.3 Å². The van der Waals surface area contributed by atoms with E-state index >= 15 is 0 Å². The van der Waals surface area contributed by atoms with Crippen LogP contribution in [0.1, 0.15) is 18.2 Å². The van der Waals surface area contributed by atoms with Crippen molar-refractivity contribution < 1.29 is 19.7 Å². The average molecular weight is 197 g/mol. The predicted molar refractivity (Wildman–Crippen MR) is 48.0 cm³/mol. The molecule has 0 saturated carbocycles. The Hall–Kier alpha value is -1.62. The van der Waals surface area contributed by atoms with E-state index < -0.39 is 12.1 Å². The highest BCUT2D eigenvalue weighted by Crippen LogP contribution is 2.16. The molecule has 0 spiro atoms. The van der Waals surface area contributed by atoms with Gasteiger partial charge in [-0.15, -0.1) is 0 Å². The molecule has 1 aromatic rings. The zero-order chi connectivity index (χ0) is 10.6. The number of hydrogen-bond acceptors (Lipinski definition) is 4. The number of aliphatic hydroxyl groups is 1. The minimum Gasteiger partial charge on any atom is -0.495 e. The number of ether oxygens (including phenoxy) is 1. The van der Waals surface area contributed by atoms with E-state index in [0.717, 1.165) is 0 Å². The van der Waals surface area contributed by atoms with Crippen LogP contribution in [0.2, 0.25) is 0 Å². The summed E-state index contributed by atoms with van der Waals surface area (Å²) in [4.78, 5) is 14.2. The Bertz CT molecular complexity index is 309. The number of aromatic nitrogens is 1. The van der Waals surface area contributed by atoms with E-state index in [4.69, 9.17) is 9.84 Å². The van der Waals surface area contributed by atoms with Gasteiger partial charge in [0.25, 0.3) is 0 Å². The molecule has 0 bridgehead atoms. The van der Waals surface area contributed by atoms with Crippen molar-refractivity contribution >= 4 is 5.97 Å². The molecule has 2 N–H and O–H groups in total. The van der Waals surface area contributed by atoms with Gasteiger partial charge in [-0.25, -0.2) is 0 Å². The fourth-order valence-electron chi connectivity index (χ4n) is 0.980. The van der Waals surface area contributed by atoms with Crippen LogP contribution in [0.4, 0.5) is 0 Å². The lowest BCUT2D eigenvalue weighted by molar-refractivity contribution is -0.139. The number of rotatable bonds is 4. The molecule has 14 heavy (non-hydrogen) atoms. The Balaban J connectivity index is 2.71. The molecule has 0 saturated heterocycles. The first kappa shape index (κ1) is 10.5. The van der Waals surface area contributed by atoms with Crippen LogP contribution in [0, 0.1) is 0 Å². The van der Waals surface area contributed by atoms with Crippen LogP contribution in [0.25, 0.3) is 0 Å². The monoisotopic (exact) mass is 197 g/mol. The first-order valence-corrected chi connectivity index (χ1v) is 4.03. The quantitative estimate of drug-likeness (QED) is 0.738. The van der Waals surface area contributed by atoms with Gasteiger partial charge in [-0.05, 0) is 12.1 Å². The Morgan fingerprint density at radius 2 is 2.36 bits per heavy atom. The molecule has 0 aromatic carbocycles. The van der Waals surface area contributed by atoms with Gasteiger partial charge in [0.2, 0.25) is 0 Å². The van der Waals surface area contributed by atoms with Gasteiger partial charge in [-0.2, -0.15) is 0 Å². The van der Waals surface area contributed by atoms with Crippen molar-refractivity contribution in [3.8, 4) is 5.75 Å². The summed E-state index contributed by atoms with van der Waals surface area (Å²) in [5.41, 5.74) is 0.327. The molecule has 1 aromatic heterocycles. The van der Waals surface area contributed by atoms with E-state index in [2.05, 4.69) is 4.98 Å². The molecule has 0 aliphatic rings. The van der Waals surface area contributed by atoms with Crippen LogP contribution in [-0.2, 0) is 4.79 Å². The van der Waals surface area contributed by atoms with Crippen molar-refractivity contribution in [2.45, 2.75) is 12.5 Å². The van der Waals surface area contributed by atoms with E-state index in [1.165, 1.54) is 19.4 Å². The van der Waals surface area contributed by atoms with Crippen LogP contribution in [0.5, 0.6) is 5.75 Å². The fraction of sp³-hybridized carbons (Fsp3) is 0.333. The highest BCUT2D eigenvalue weighted by atomic mass is 16.5. The van der Waals surface area contributed by atoms with Crippen molar-refractivity contribution in [3.05, 3.63) is 24.0 Å². The number of pyridine rings is 1. The Kier molecular flexibility index (Phi) is 3.41. The molecule has 0 radical (unpaired) electrons. The van der Waals surface area contributed by atoms with Gasteiger partial charge in [-0.3, -0.25) is 9.78 Å². The minimum absolute atomic E-state index is 0.327. The summed E-state index contributed by atoms with van der Waals surface area (Å²) in [6.07, 6.45) is 0.0121. The topological polar surface area (TPSA) is 79.7 Å². The summed E-state index contributed by atoms with van der Waals surface area (Å²) in [5.74, 6) is -0.494. The molecule has 1 atom stereocenters. The summed E-state index contributed by atoms with van der Waals surface area (Å²) >= 11 is 0. The van der Waals surface area contributed by atoms with Crippen LogP contribution < -0.4 is 4.74 Å². The first-order chi connectivity index (χ1) is 6.63. The Morgan fingerprint density at radius 1 is 1.64 bits per heavy atom. The average Bonchev–Trinajstić information content (AvgIpc) is 2.17. The lowest BCUT2D eigenvalue weighted by Gasteiger charge is -2.07. The lowest BCUT2D eigenvalue weighted by atomic mass is 10.2. The SMILES string of the molecule is COc1ccc([C@H](O)CC(=O)O)nc1. The highest BCUT2D eigenvalue weighted by Gasteiger charge is 2.12. The van der Waals surface area contributed by atoms with Crippen molar-refractivity contribution in [2.24, 2.45) is 0 Å². The summed E-state index contributed by atoms with van der Waals surface area (Å²) in [6, 6.07) is 3.15. The molecule has 76 valence electrons. The van der Waals surface area contributed by atoms with Crippen LogP contribution in [0.3, 0.4) is 0 Å². The molecule has 0 aliphatic heterocycles. The third-order valence-electron chi connectivity index (χ3n) is 1.70. The second-order valence-corrected chi connectivity index (χ2v) is 2.74. The van der Waals surface area contributed by atoms with Crippen LogP contribution >= 0.6 is 0 Å². The van der Waals surface area contributed by atoms with Crippen molar-refractivity contribution in [3.63, 3.8) is 0 Å². The standard InChI is InChI=1S/C9H11NO4/c1-14-6-2-3-7(10-5-6)8(11)4-9(12)13/h2-3,5,8,11H,4H2,1H3,(H,12,13)/t8-/m1/s1. The van der Waals surface area contributed by atoms with Gasteiger partial charge in [0.05, 0.1) is 25.4 Å². The van der Waals surface area contributed by atoms with E-state index in [9.17, 15) is 9.90 Å². The number of aliphatic carboxylic acids is 1. The van der Waals surface area contributed by atoms with Crippen LogP contribution in [-0.4, -0.2) is 28.3 Å². The van der Waals surface area contributed by atoms with Gasteiger partial charge >= 0.3 is 5.97 Å². The number of hydrogen-bond donors (Lipinski definition) is 2. The maximum absolute atomic E-state index is 10.3. The fourth-order valence-corrected chi connectivity index (χ4v) is 0.980. The molecule has 0 aliphatic carbocycles. The number of carboxylic acid groups (broad SMARTS) is 1. The maximum atomic E-state index is 10.3. The second-order valence-electron chi connectivity index (χ2n) is 2.74. The summed E-state index contributed by atoms with van der Waals surface area (Å²) < 4.78 is 4.87. The summed E-state index contributed by atoms with van der Waals surface area (Å²) in [7, 11) is 1.50. The highest BCUT2D eigenvalue weighted by molar-refractivity contribution is 5.67. The largest absolute Gasteiger partial charge is 0.495 e. The van der Waals surface area contributed by atoms with Crippen molar-refractivity contribution in [1.29, 1.82) is 0 Å². The maximum Gasteiger partial charge on any atom is 0.306 e. The molecule has 5 nitrogen and oxygen atoms in total. The van der Waals surface area contributed by atoms with E-state index in [0.29, 0.717) is 11.4 Å². The van der Waals surface area contributed by atoms with Crippen molar-refractivity contribution in [2.75, 3.05) is 7.11 Å². The van der Waals surface area contributed by atoms with Gasteiger partial charge in [0.15, 0.2) is 0 Å². The number of aliphatic hydroxyl groups excluding tert-OH is 1. The van der Waals surface area contributed by atoms with E-state index in [1.807, 2.05) is 0 Å². The van der Waals surface area contributed by atoms with Gasteiger partial charge in [0.1, 0.15) is 11.9 Å². The summed E-state index contributed by atoms with van der Waals surface area (Å²) in [6.45, 7) is 0. The smallest absolute Gasteiger partial charge is 0.306 e. The molecule has 0 unspecified atom stereocenters. The van der Waals surface area contributed by atoms with Gasteiger partial charge in [0, 0.05) is 0 Å². The van der Waals surface area contributed by atoms with Crippen molar-refractivity contribution in [1.82, 2.24) is 4.98 Å². The number of methoxy groups -OCH3 is 1. The zero-order valence-corrected chi connectivity index (χ0v) is 7.67. The minimum atomic E-state index is -1.07. The first-order valence-electron chi connectivity index (χ1n) is 4.03. The molecule has 1 heterocycles. The normalized spacial score (nSPS) is 12.1. The lowest BCUT2D eigenvalue weighted by Crippen LogP contribution is -2.06. The molecule has 0 amide bonds. The van der Waals surface area contributed by atoms with E-state index in [-0.39, 0.29) is 6.42 Å². The number of carboxylic acids is 1. The van der Waals surface area contributed by atoms with Gasteiger partial charge in [-0.1, -0.05) is 0 Å². The molecule has 5 heteroatoms. The number of nitrogens with zero attached hydrogens (tertiary/aromatic N) is 1. The molecule has 1 rings (SSSR count). The molecular weight excluding hydrogens is 186 g/mol. The Labute approximate surface area is 81.0 Å². The third kappa shape index (κ3) is 2.70. The van der Waals surface area contributed by atoms with Gasteiger partial charge < -0.3 is 14.9 Å². The number of carbonyl (C=O) groups is 1. The summed E-state index contributed by atoms with van der Waals surface area (Å²) in [5, 5.41) is 17.8. The van der Waals surface area contributed by atoms with E-state index in [1.54, 1.807) is 6.07 Å². The third-order valence-corrected chi connectivity index (χ3v) is 1.70. The predicted octanol–water partition coefficient (Wildman–Crippen LogP) is 0.598. The zero-order valence-electron chi connectivity index (χ0n) is 7.67. The Morgan fingerprint density at radius 3 is 2.79 bits per heavy atom. The second kappa shape index (κ2) is 4.57. The molecule has 0 fully saturated rings.